The molecule has 2 aliphatic rings. The number of hydrogen-bond acceptors (Lipinski definition) is 4. The average Bonchev–Trinajstić information content (AvgIpc) is 3.16. The van der Waals surface area contributed by atoms with Gasteiger partial charge in [0, 0.05) is 50.1 Å². The van der Waals surface area contributed by atoms with Crippen molar-refractivity contribution in [2.45, 2.75) is 39.2 Å². The van der Waals surface area contributed by atoms with E-state index in [4.69, 9.17) is 4.99 Å². The van der Waals surface area contributed by atoms with Crippen LogP contribution in [0.15, 0.2) is 22.5 Å². The molecular weight excluding hydrogens is 485 g/mol. The normalized spacial score (nSPS) is 19.5. The van der Waals surface area contributed by atoms with Gasteiger partial charge in [0.25, 0.3) is 0 Å². The fraction of sp³-hybridized carbons (Fsp3) is 0.700. The lowest BCUT2D eigenvalue weighted by atomic mass is 9.84. The van der Waals surface area contributed by atoms with E-state index >= 15 is 0 Å². The maximum Gasteiger partial charge on any atom is 0.225 e. The minimum Gasteiger partial charge on any atom is -0.357 e. The van der Waals surface area contributed by atoms with E-state index in [2.05, 4.69) is 51.8 Å². The van der Waals surface area contributed by atoms with Gasteiger partial charge in [-0.2, -0.15) is 0 Å². The third-order valence-corrected chi connectivity index (χ3v) is 6.55. The Bertz CT molecular complexity index is 612. The Labute approximate surface area is 190 Å². The molecule has 1 aliphatic heterocycles. The molecule has 3 rings (SSSR count). The van der Waals surface area contributed by atoms with E-state index in [1.807, 2.05) is 0 Å². The van der Waals surface area contributed by atoms with Crippen LogP contribution in [0.4, 0.5) is 0 Å². The highest BCUT2D eigenvalue weighted by molar-refractivity contribution is 14.0. The summed E-state index contributed by atoms with van der Waals surface area (Å²) in [6.45, 7) is 10.5. The predicted molar refractivity (Wildman–Crippen MR) is 128 cm³/mol. The summed E-state index contributed by atoms with van der Waals surface area (Å²) in [7, 11) is 0. The summed E-state index contributed by atoms with van der Waals surface area (Å²) < 4.78 is 0. The van der Waals surface area contributed by atoms with Gasteiger partial charge in [0.2, 0.25) is 5.91 Å². The molecule has 1 aromatic rings. The molecule has 1 unspecified atom stereocenters. The Balaban J connectivity index is 0.00000280. The maximum atomic E-state index is 12.3. The Morgan fingerprint density at radius 1 is 1.32 bits per heavy atom. The quantitative estimate of drug-likeness (QED) is 0.331. The highest BCUT2D eigenvalue weighted by Gasteiger charge is 2.30. The molecule has 1 saturated carbocycles. The summed E-state index contributed by atoms with van der Waals surface area (Å²) in [6.07, 6.45) is 3.41. The van der Waals surface area contributed by atoms with Crippen LogP contribution < -0.4 is 10.6 Å². The molecule has 0 bridgehead atoms. The second kappa shape index (κ2) is 12.0. The van der Waals surface area contributed by atoms with Crippen LogP contribution in [-0.2, 0) is 4.79 Å². The molecule has 6 nitrogen and oxygen atoms in total. The van der Waals surface area contributed by atoms with Gasteiger partial charge in [-0.25, -0.2) is 0 Å². The van der Waals surface area contributed by atoms with Gasteiger partial charge in [-0.05, 0) is 38.1 Å². The van der Waals surface area contributed by atoms with Crippen molar-refractivity contribution in [2.75, 3.05) is 45.8 Å². The molecule has 0 spiro atoms. The average molecular weight is 519 g/mol. The molecule has 2 fully saturated rings. The van der Waals surface area contributed by atoms with E-state index in [0.29, 0.717) is 11.8 Å². The molecule has 0 radical (unpaired) electrons. The minimum atomic E-state index is 0. The molecule has 158 valence electrons. The van der Waals surface area contributed by atoms with Crippen molar-refractivity contribution >= 4 is 47.2 Å². The van der Waals surface area contributed by atoms with Gasteiger partial charge in [-0.15, -0.1) is 35.3 Å². The third-order valence-electron chi connectivity index (χ3n) is 5.49. The second-order valence-electron chi connectivity index (χ2n) is 7.44. The molecule has 1 aliphatic carbocycles. The molecule has 2 N–H and O–H groups in total. The van der Waals surface area contributed by atoms with Crippen molar-refractivity contribution in [2.24, 2.45) is 10.9 Å². The Morgan fingerprint density at radius 2 is 2.07 bits per heavy atom. The number of piperazine rings is 1. The van der Waals surface area contributed by atoms with Gasteiger partial charge in [-0.1, -0.05) is 12.5 Å². The number of carbonyl (C=O) groups excluding carboxylic acids is 1. The lowest BCUT2D eigenvalue weighted by Crippen LogP contribution is -2.51. The predicted octanol–water partition coefficient (Wildman–Crippen LogP) is 2.93. The van der Waals surface area contributed by atoms with Gasteiger partial charge in [0.15, 0.2) is 5.96 Å². The molecule has 1 amide bonds. The summed E-state index contributed by atoms with van der Waals surface area (Å²) in [5, 5.41) is 8.92. The second-order valence-corrected chi connectivity index (χ2v) is 8.42. The van der Waals surface area contributed by atoms with E-state index in [1.165, 1.54) is 11.3 Å². The third kappa shape index (κ3) is 6.59. The fourth-order valence-corrected chi connectivity index (χ4v) is 4.28. The van der Waals surface area contributed by atoms with Crippen LogP contribution in [0.2, 0.25) is 0 Å². The molecule has 1 atom stereocenters. The van der Waals surface area contributed by atoms with Crippen LogP contribution >= 0.6 is 35.3 Å². The number of nitrogens with one attached hydrogen (secondary N) is 2. The summed E-state index contributed by atoms with van der Waals surface area (Å²) in [6, 6.07) is 4.48. The van der Waals surface area contributed by atoms with Crippen LogP contribution in [-0.4, -0.2) is 67.5 Å². The van der Waals surface area contributed by atoms with E-state index in [-0.39, 0.29) is 30.0 Å². The van der Waals surface area contributed by atoms with Crippen molar-refractivity contribution < 1.29 is 4.79 Å². The number of thiophene rings is 1. The number of halogens is 1. The Kier molecular flexibility index (Phi) is 10.0. The number of carbonyl (C=O) groups is 1. The molecule has 8 heteroatoms. The SMILES string of the molecule is CCNC(=NCCN1CCN(C(=O)C2CCC2)CC1)NC(C)c1cccs1.I. The van der Waals surface area contributed by atoms with Gasteiger partial charge in [0.05, 0.1) is 12.6 Å². The van der Waals surface area contributed by atoms with Gasteiger partial charge in [0.1, 0.15) is 0 Å². The summed E-state index contributed by atoms with van der Waals surface area (Å²) in [5.41, 5.74) is 0. The van der Waals surface area contributed by atoms with Crippen LogP contribution in [0.3, 0.4) is 0 Å². The first-order valence-electron chi connectivity index (χ1n) is 10.3. The maximum absolute atomic E-state index is 12.3. The van der Waals surface area contributed by atoms with Crippen molar-refractivity contribution in [3.63, 3.8) is 0 Å². The van der Waals surface area contributed by atoms with Crippen LogP contribution in [0.25, 0.3) is 0 Å². The lowest BCUT2D eigenvalue weighted by Gasteiger charge is -2.38. The van der Waals surface area contributed by atoms with Crippen LogP contribution in [0.1, 0.15) is 44.0 Å². The Hall–Kier alpha value is -0.870. The Morgan fingerprint density at radius 3 is 2.64 bits per heavy atom. The first-order chi connectivity index (χ1) is 13.2. The molecule has 1 saturated heterocycles. The minimum absolute atomic E-state index is 0. The van der Waals surface area contributed by atoms with Crippen LogP contribution in [0, 0.1) is 5.92 Å². The zero-order valence-electron chi connectivity index (χ0n) is 17.0. The zero-order chi connectivity index (χ0) is 19.1. The zero-order valence-corrected chi connectivity index (χ0v) is 20.2. The highest BCUT2D eigenvalue weighted by atomic mass is 127. The lowest BCUT2D eigenvalue weighted by molar-refractivity contribution is -0.139. The van der Waals surface area contributed by atoms with Crippen molar-refractivity contribution in [1.82, 2.24) is 20.4 Å². The van der Waals surface area contributed by atoms with E-state index in [0.717, 1.165) is 64.6 Å². The van der Waals surface area contributed by atoms with Gasteiger partial charge >= 0.3 is 0 Å². The topological polar surface area (TPSA) is 60.0 Å². The molecule has 1 aromatic heterocycles. The standard InChI is InChI=1S/C20H33N5OS.HI/c1-3-21-20(23-16(2)18-8-5-15-27-18)22-9-10-24-11-13-25(14-12-24)19(26)17-6-4-7-17;/h5,8,15-17H,3-4,6-7,9-14H2,1-2H3,(H2,21,22,23);1H. The van der Waals surface area contributed by atoms with E-state index < -0.39 is 0 Å². The number of guanidine groups is 1. The molecule has 28 heavy (non-hydrogen) atoms. The number of rotatable bonds is 7. The molecule has 0 aromatic carbocycles. The molecular formula is C20H34IN5OS. The number of nitrogens with zero attached hydrogens (tertiary/aromatic N) is 3. The summed E-state index contributed by atoms with van der Waals surface area (Å²) in [4.78, 5) is 22.9. The van der Waals surface area contributed by atoms with Crippen molar-refractivity contribution in [3.8, 4) is 0 Å². The number of amides is 1. The van der Waals surface area contributed by atoms with Crippen molar-refractivity contribution in [1.29, 1.82) is 0 Å². The number of aliphatic imine (C=N–C) groups is 1. The van der Waals surface area contributed by atoms with E-state index in [1.54, 1.807) is 11.3 Å². The number of hydrogen-bond donors (Lipinski definition) is 2. The first kappa shape index (κ1) is 23.4. The highest BCUT2D eigenvalue weighted by Crippen LogP contribution is 2.28. The first-order valence-corrected chi connectivity index (χ1v) is 11.1. The van der Waals surface area contributed by atoms with E-state index in [9.17, 15) is 4.79 Å². The largest absolute Gasteiger partial charge is 0.357 e. The fourth-order valence-electron chi connectivity index (χ4n) is 3.54. The van der Waals surface area contributed by atoms with Crippen LogP contribution in [0.5, 0.6) is 0 Å². The van der Waals surface area contributed by atoms with Gasteiger partial charge < -0.3 is 15.5 Å². The van der Waals surface area contributed by atoms with Crippen molar-refractivity contribution in [3.05, 3.63) is 22.4 Å². The summed E-state index contributed by atoms with van der Waals surface area (Å²) >= 11 is 1.76. The van der Waals surface area contributed by atoms with Gasteiger partial charge in [-0.3, -0.25) is 14.7 Å². The summed E-state index contributed by atoms with van der Waals surface area (Å²) in [5.74, 6) is 1.58. The smallest absolute Gasteiger partial charge is 0.225 e. The monoisotopic (exact) mass is 519 g/mol. The molecule has 2 heterocycles.